The van der Waals surface area contributed by atoms with Crippen molar-refractivity contribution in [3.8, 4) is 6.07 Å². The van der Waals surface area contributed by atoms with E-state index in [9.17, 15) is 10.1 Å². The third-order valence-electron chi connectivity index (χ3n) is 7.30. The van der Waals surface area contributed by atoms with Gasteiger partial charge in [-0.2, -0.15) is 5.26 Å². The summed E-state index contributed by atoms with van der Waals surface area (Å²) in [6, 6.07) is 36.8. The van der Waals surface area contributed by atoms with Crippen LogP contribution in [0, 0.1) is 18.3 Å². The van der Waals surface area contributed by atoms with Crippen molar-refractivity contribution in [2.45, 2.75) is 26.6 Å². The lowest BCUT2D eigenvalue weighted by Gasteiger charge is -2.29. The Morgan fingerprint density at radius 2 is 1.56 bits per heavy atom. The Morgan fingerprint density at radius 1 is 0.846 bits per heavy atom. The van der Waals surface area contributed by atoms with Crippen LogP contribution in [-0.4, -0.2) is 24.6 Å². The summed E-state index contributed by atoms with van der Waals surface area (Å²) in [7, 11) is 4.41. The number of nitriles is 1. The molecule has 0 bridgehead atoms. The molecule has 0 unspecified atom stereocenters. The van der Waals surface area contributed by atoms with Crippen LogP contribution in [-0.2, 0) is 19.6 Å². The molecule has 1 aromatic heterocycles. The zero-order valence-electron chi connectivity index (χ0n) is 22.7. The van der Waals surface area contributed by atoms with Crippen LogP contribution in [0.2, 0.25) is 0 Å². The van der Waals surface area contributed by atoms with Gasteiger partial charge in [-0.25, -0.2) is 0 Å². The van der Waals surface area contributed by atoms with E-state index in [1.165, 1.54) is 11.3 Å². The first-order valence-electron chi connectivity index (χ1n) is 13.2. The Labute approximate surface area is 230 Å². The van der Waals surface area contributed by atoms with Crippen molar-refractivity contribution < 1.29 is 4.79 Å². The van der Waals surface area contributed by atoms with Gasteiger partial charge in [-0.1, -0.05) is 66.7 Å². The van der Waals surface area contributed by atoms with E-state index in [1.807, 2.05) is 47.0 Å². The predicted molar refractivity (Wildman–Crippen MR) is 158 cm³/mol. The van der Waals surface area contributed by atoms with Gasteiger partial charge in [0, 0.05) is 29.6 Å². The Hall–Kier alpha value is -4.66. The average molecular weight is 514 g/mol. The number of hydrogen-bond donors (Lipinski definition) is 1. The number of rotatable bonds is 8. The number of benzene rings is 4. The molecule has 0 fully saturated rings. The van der Waals surface area contributed by atoms with E-state index in [0.29, 0.717) is 24.3 Å². The fourth-order valence-corrected chi connectivity index (χ4v) is 5.13. The molecule has 1 N–H and O–H groups in total. The number of nitrogens with zero attached hydrogens (tertiary/aromatic N) is 3. The van der Waals surface area contributed by atoms with Gasteiger partial charge < -0.3 is 9.88 Å². The molecule has 0 saturated heterocycles. The summed E-state index contributed by atoms with van der Waals surface area (Å²) in [4.78, 5) is 13.5. The molecule has 0 aliphatic rings. The van der Waals surface area contributed by atoms with Crippen LogP contribution >= 0.6 is 0 Å². The molecular formula is C34H33N4O+. The first-order chi connectivity index (χ1) is 18.8. The Bertz CT molecular complexity index is 1660. The van der Waals surface area contributed by atoms with Gasteiger partial charge in [0.2, 0.25) is 0 Å². The molecule has 0 aliphatic heterocycles. The molecule has 0 spiro atoms. The van der Waals surface area contributed by atoms with Gasteiger partial charge in [-0.3, -0.25) is 9.28 Å². The molecule has 194 valence electrons. The number of carbonyl (C=O) groups is 1. The third-order valence-corrected chi connectivity index (χ3v) is 7.30. The number of quaternary nitrogens is 1. The van der Waals surface area contributed by atoms with Gasteiger partial charge in [0.15, 0.2) is 0 Å². The van der Waals surface area contributed by atoms with E-state index in [0.717, 1.165) is 38.6 Å². The number of amides is 1. The van der Waals surface area contributed by atoms with Crippen molar-refractivity contribution >= 4 is 22.5 Å². The van der Waals surface area contributed by atoms with Gasteiger partial charge in [-0.05, 0) is 60.0 Å². The van der Waals surface area contributed by atoms with Crippen molar-refractivity contribution in [3.05, 3.63) is 137 Å². The molecule has 5 rings (SSSR count). The summed E-state index contributed by atoms with van der Waals surface area (Å²) in [5.41, 5.74) is 7.89. The molecule has 5 nitrogen and oxygen atoms in total. The lowest BCUT2D eigenvalue weighted by molar-refractivity contribution is 0.0942. The Kier molecular flexibility index (Phi) is 7.31. The monoisotopic (exact) mass is 513 g/mol. The maximum Gasteiger partial charge on any atom is 0.268 e. The van der Waals surface area contributed by atoms with Crippen molar-refractivity contribution in [1.82, 2.24) is 14.4 Å². The molecule has 5 heteroatoms. The van der Waals surface area contributed by atoms with Crippen molar-refractivity contribution in [3.63, 3.8) is 0 Å². The second-order valence-electron chi connectivity index (χ2n) is 10.6. The summed E-state index contributed by atoms with van der Waals surface area (Å²) >= 11 is 0. The van der Waals surface area contributed by atoms with E-state index in [-0.39, 0.29) is 5.91 Å². The van der Waals surface area contributed by atoms with Crippen LogP contribution < -0.4 is 9.80 Å². The molecule has 0 atom stereocenters. The highest BCUT2D eigenvalue weighted by Crippen LogP contribution is 2.26. The van der Waals surface area contributed by atoms with Crippen molar-refractivity contribution in [2.75, 3.05) is 14.1 Å². The molecule has 1 amide bonds. The van der Waals surface area contributed by atoms with Crippen LogP contribution in [0.3, 0.4) is 0 Å². The highest BCUT2D eigenvalue weighted by molar-refractivity contribution is 5.99. The minimum atomic E-state index is -0.119. The highest BCUT2D eigenvalue weighted by Gasteiger charge is 2.20. The topological polar surface area (TPSA) is 57.8 Å². The molecular weight excluding hydrogens is 480 g/mol. The van der Waals surface area contributed by atoms with Gasteiger partial charge in [0.1, 0.15) is 17.9 Å². The van der Waals surface area contributed by atoms with Crippen molar-refractivity contribution in [2.24, 2.45) is 0 Å². The fourth-order valence-electron chi connectivity index (χ4n) is 5.13. The molecule has 0 radical (unpaired) electrons. The Balaban J connectivity index is 1.34. The molecule has 39 heavy (non-hydrogen) atoms. The minimum Gasteiger partial charge on any atom is -0.347 e. The van der Waals surface area contributed by atoms with Crippen LogP contribution in [0.1, 0.15) is 38.3 Å². The van der Waals surface area contributed by atoms with Crippen LogP contribution in [0.25, 0.3) is 10.9 Å². The lowest BCUT2D eigenvalue weighted by Crippen LogP contribution is -2.39. The van der Waals surface area contributed by atoms with E-state index in [2.05, 4.69) is 87.0 Å². The van der Waals surface area contributed by atoms with Gasteiger partial charge in [0.05, 0.1) is 25.7 Å². The molecule has 0 aliphatic carbocycles. The number of hydrogen-bond acceptors (Lipinski definition) is 2. The van der Waals surface area contributed by atoms with Crippen LogP contribution in [0.15, 0.2) is 103 Å². The predicted octanol–water partition coefficient (Wildman–Crippen LogP) is 6.57. The third kappa shape index (κ3) is 5.77. The summed E-state index contributed by atoms with van der Waals surface area (Å²) in [5, 5.41) is 13.5. The number of nitrogens with one attached hydrogen (secondary N) is 1. The number of aromatic nitrogens is 1. The second-order valence-corrected chi connectivity index (χ2v) is 10.6. The molecule has 4 aromatic carbocycles. The number of carbonyl (C=O) groups excluding carboxylic acids is 1. The number of aryl methyl sites for hydroxylation is 1. The minimum absolute atomic E-state index is 0.119. The molecule has 1 heterocycles. The van der Waals surface area contributed by atoms with Crippen LogP contribution in [0.4, 0.5) is 5.69 Å². The molecule has 5 aromatic rings. The maximum atomic E-state index is 13.5. The summed E-state index contributed by atoms with van der Waals surface area (Å²) in [6.45, 7) is 3.91. The van der Waals surface area contributed by atoms with E-state index >= 15 is 0 Å². The first kappa shape index (κ1) is 26.0. The SMILES string of the molecule is Cc1cccc2c1cc(C(=O)NCc1ccc([N+](C)(C)Cc3ccccc3)cc1)n2Cc1cccc(C#N)c1. The van der Waals surface area contributed by atoms with E-state index in [1.54, 1.807) is 6.07 Å². The average Bonchev–Trinajstić information content (AvgIpc) is 3.32. The summed E-state index contributed by atoms with van der Waals surface area (Å²) in [5.74, 6) is -0.119. The zero-order valence-corrected chi connectivity index (χ0v) is 22.7. The fraction of sp³-hybridized carbons (Fsp3) is 0.176. The van der Waals surface area contributed by atoms with E-state index < -0.39 is 0 Å². The first-order valence-corrected chi connectivity index (χ1v) is 13.2. The largest absolute Gasteiger partial charge is 0.347 e. The van der Waals surface area contributed by atoms with Gasteiger partial charge in [-0.15, -0.1) is 0 Å². The second kappa shape index (κ2) is 11.0. The quantitative estimate of drug-likeness (QED) is 0.239. The van der Waals surface area contributed by atoms with Crippen molar-refractivity contribution in [1.29, 1.82) is 5.26 Å². The summed E-state index contributed by atoms with van der Waals surface area (Å²) < 4.78 is 2.78. The van der Waals surface area contributed by atoms with Crippen LogP contribution in [0.5, 0.6) is 0 Å². The van der Waals surface area contributed by atoms with Gasteiger partial charge in [0.25, 0.3) is 5.91 Å². The standard InChI is InChI=1S/C34H32N4O/c1-25-9-7-14-32-31(25)20-33(37(32)23-29-13-8-12-28(19-29)21-35)34(39)36-22-26-15-17-30(18-16-26)38(2,3)24-27-10-5-4-6-11-27/h4-20H,22-24H2,1-3H3/p+1. The maximum absolute atomic E-state index is 13.5. The summed E-state index contributed by atoms with van der Waals surface area (Å²) in [6.07, 6.45) is 0. The van der Waals surface area contributed by atoms with Gasteiger partial charge >= 0.3 is 0 Å². The lowest BCUT2D eigenvalue weighted by atomic mass is 10.1. The normalized spacial score (nSPS) is 11.3. The molecule has 0 saturated carbocycles. The zero-order chi connectivity index (χ0) is 27.4. The highest BCUT2D eigenvalue weighted by atomic mass is 16.1. The number of fused-ring (bicyclic) bond motifs is 1. The van der Waals surface area contributed by atoms with E-state index in [4.69, 9.17) is 0 Å². The Morgan fingerprint density at radius 3 is 2.31 bits per heavy atom. The smallest absolute Gasteiger partial charge is 0.268 e.